The van der Waals surface area contributed by atoms with Crippen LogP contribution in [0.5, 0.6) is 5.75 Å². The molecule has 2 aliphatic heterocycles. The van der Waals surface area contributed by atoms with Crippen molar-refractivity contribution in [2.75, 3.05) is 29.5 Å². The fourth-order valence-electron chi connectivity index (χ4n) is 5.24. The Bertz CT molecular complexity index is 1370. The summed E-state index contributed by atoms with van der Waals surface area (Å²) in [6.45, 7) is 8.65. The molecular formula is C32H34N2O4. The fraction of sp³-hybridized carbons (Fsp3) is 0.312. The number of Topliss-reactive ketones (excluding diaryl/α,β-unsaturated/α-hetero) is 1. The van der Waals surface area contributed by atoms with Crippen LogP contribution in [0.15, 0.2) is 78.4 Å². The smallest absolute Gasteiger partial charge is 0.300 e. The molecule has 0 aromatic heterocycles. The first-order valence-electron chi connectivity index (χ1n) is 13.3. The number of aliphatic hydroxyl groups is 1. The van der Waals surface area contributed by atoms with Crippen LogP contribution in [0.25, 0.3) is 5.76 Å². The molecule has 0 spiro atoms. The first kappa shape index (κ1) is 25.6. The maximum atomic E-state index is 13.5. The van der Waals surface area contributed by atoms with E-state index in [0.29, 0.717) is 29.5 Å². The lowest BCUT2D eigenvalue weighted by Gasteiger charge is -2.27. The Morgan fingerprint density at radius 1 is 0.947 bits per heavy atom. The standard InChI is InChI=1S/C32H34N2O4/c1-21(2)20-38-26-11-8-10-23(19-26)30(35)28-29(27-12-5-4-9-22(27)3)34(32(37)31(28)36)25-15-13-24(14-16-25)33-17-6-7-18-33/h4-5,8-16,19,21,29,35H,6-7,17-18,20H2,1-3H3/b30-28+. The average molecular weight is 511 g/mol. The van der Waals surface area contributed by atoms with Crippen LogP contribution in [0.2, 0.25) is 0 Å². The first-order chi connectivity index (χ1) is 18.3. The number of ketones is 1. The summed E-state index contributed by atoms with van der Waals surface area (Å²) < 4.78 is 5.84. The molecule has 1 atom stereocenters. The minimum atomic E-state index is -0.755. The molecule has 5 rings (SSSR count). The lowest BCUT2D eigenvalue weighted by Crippen LogP contribution is -2.29. The van der Waals surface area contributed by atoms with E-state index in [2.05, 4.69) is 18.7 Å². The Morgan fingerprint density at radius 3 is 2.32 bits per heavy atom. The van der Waals surface area contributed by atoms with Crippen LogP contribution in [0, 0.1) is 12.8 Å². The molecule has 0 saturated carbocycles. The molecule has 2 heterocycles. The predicted octanol–water partition coefficient (Wildman–Crippen LogP) is 6.26. The highest BCUT2D eigenvalue weighted by Crippen LogP contribution is 2.43. The molecule has 3 aromatic carbocycles. The van der Waals surface area contributed by atoms with Gasteiger partial charge in [0, 0.05) is 30.0 Å². The van der Waals surface area contributed by atoms with Gasteiger partial charge in [-0.3, -0.25) is 14.5 Å². The van der Waals surface area contributed by atoms with Crippen molar-refractivity contribution in [3.05, 3.63) is 95.1 Å². The molecule has 0 aliphatic carbocycles. The van der Waals surface area contributed by atoms with Gasteiger partial charge >= 0.3 is 0 Å². The van der Waals surface area contributed by atoms with E-state index in [1.807, 2.05) is 61.5 Å². The number of amides is 1. The minimum absolute atomic E-state index is 0.0777. The van der Waals surface area contributed by atoms with Crippen LogP contribution in [0.4, 0.5) is 11.4 Å². The number of nitrogens with zero attached hydrogens (tertiary/aromatic N) is 2. The Kier molecular flexibility index (Phi) is 7.23. The molecule has 2 fully saturated rings. The number of aliphatic hydroxyl groups excluding tert-OH is 1. The van der Waals surface area contributed by atoms with Crippen LogP contribution >= 0.6 is 0 Å². The third kappa shape index (κ3) is 4.91. The van der Waals surface area contributed by atoms with Crippen LogP contribution in [-0.2, 0) is 9.59 Å². The largest absolute Gasteiger partial charge is 0.507 e. The number of carbonyl (C=O) groups is 2. The van der Waals surface area contributed by atoms with Gasteiger partial charge < -0.3 is 14.7 Å². The molecule has 1 amide bonds. The van der Waals surface area contributed by atoms with E-state index in [0.717, 1.165) is 29.9 Å². The third-order valence-corrected chi connectivity index (χ3v) is 7.22. The highest BCUT2D eigenvalue weighted by atomic mass is 16.5. The summed E-state index contributed by atoms with van der Waals surface area (Å²) in [6.07, 6.45) is 2.35. The van der Waals surface area contributed by atoms with E-state index < -0.39 is 17.7 Å². The first-order valence-corrected chi connectivity index (χ1v) is 13.3. The fourth-order valence-corrected chi connectivity index (χ4v) is 5.24. The van der Waals surface area contributed by atoms with E-state index in [4.69, 9.17) is 4.74 Å². The van der Waals surface area contributed by atoms with E-state index in [1.54, 1.807) is 18.2 Å². The summed E-state index contributed by atoms with van der Waals surface area (Å²) in [7, 11) is 0. The Labute approximate surface area is 224 Å². The summed E-state index contributed by atoms with van der Waals surface area (Å²) in [5.74, 6) is -0.617. The Balaban J connectivity index is 1.59. The number of rotatable bonds is 7. The number of hydrogen-bond donors (Lipinski definition) is 1. The monoisotopic (exact) mass is 510 g/mol. The van der Waals surface area contributed by atoms with Gasteiger partial charge in [0.2, 0.25) is 0 Å². The number of carbonyl (C=O) groups excluding carboxylic acids is 2. The normalized spacial score (nSPS) is 19.0. The van der Waals surface area contributed by atoms with Crippen molar-refractivity contribution in [2.24, 2.45) is 5.92 Å². The van der Waals surface area contributed by atoms with Gasteiger partial charge in [0.05, 0.1) is 18.2 Å². The molecule has 1 unspecified atom stereocenters. The molecule has 0 radical (unpaired) electrons. The molecule has 196 valence electrons. The zero-order valence-corrected chi connectivity index (χ0v) is 22.2. The minimum Gasteiger partial charge on any atom is -0.507 e. The second kappa shape index (κ2) is 10.7. The van der Waals surface area contributed by atoms with Gasteiger partial charge in [-0.05, 0) is 73.2 Å². The van der Waals surface area contributed by atoms with Crippen LogP contribution < -0.4 is 14.5 Å². The van der Waals surface area contributed by atoms with Crippen LogP contribution in [0.3, 0.4) is 0 Å². The summed E-state index contributed by atoms with van der Waals surface area (Å²) in [6, 6.07) is 21.7. The summed E-state index contributed by atoms with van der Waals surface area (Å²) in [5.41, 5.74) is 3.97. The average Bonchev–Trinajstić information content (AvgIpc) is 3.55. The van der Waals surface area contributed by atoms with Crippen molar-refractivity contribution in [2.45, 2.75) is 39.7 Å². The number of anilines is 2. The summed E-state index contributed by atoms with van der Waals surface area (Å²) in [4.78, 5) is 30.9. The van der Waals surface area contributed by atoms with Crippen molar-refractivity contribution in [1.82, 2.24) is 0 Å². The predicted molar refractivity (Wildman–Crippen MR) is 151 cm³/mol. The van der Waals surface area contributed by atoms with Gasteiger partial charge in [0.15, 0.2) is 0 Å². The second-order valence-electron chi connectivity index (χ2n) is 10.5. The molecule has 2 aliphatic rings. The van der Waals surface area contributed by atoms with Gasteiger partial charge in [-0.15, -0.1) is 0 Å². The van der Waals surface area contributed by atoms with Crippen molar-refractivity contribution in [1.29, 1.82) is 0 Å². The van der Waals surface area contributed by atoms with Gasteiger partial charge in [0.1, 0.15) is 11.5 Å². The zero-order chi connectivity index (χ0) is 26.8. The summed E-state index contributed by atoms with van der Waals surface area (Å²) in [5, 5.41) is 11.5. The molecule has 6 nitrogen and oxygen atoms in total. The highest BCUT2D eigenvalue weighted by Gasteiger charge is 2.47. The number of hydrogen-bond acceptors (Lipinski definition) is 5. The molecule has 2 saturated heterocycles. The lowest BCUT2D eigenvalue weighted by atomic mass is 9.92. The molecule has 0 bridgehead atoms. The molecule has 6 heteroatoms. The number of aryl methyl sites for hydroxylation is 1. The zero-order valence-electron chi connectivity index (χ0n) is 22.2. The van der Waals surface area contributed by atoms with Crippen molar-refractivity contribution in [3.63, 3.8) is 0 Å². The van der Waals surface area contributed by atoms with Gasteiger partial charge in [-0.2, -0.15) is 0 Å². The van der Waals surface area contributed by atoms with Crippen LogP contribution in [0.1, 0.15) is 49.4 Å². The maximum Gasteiger partial charge on any atom is 0.300 e. The lowest BCUT2D eigenvalue weighted by molar-refractivity contribution is -0.132. The summed E-state index contributed by atoms with van der Waals surface area (Å²) >= 11 is 0. The van der Waals surface area contributed by atoms with E-state index in [9.17, 15) is 14.7 Å². The molecular weight excluding hydrogens is 476 g/mol. The second-order valence-corrected chi connectivity index (χ2v) is 10.5. The Hall–Kier alpha value is -4.06. The molecule has 38 heavy (non-hydrogen) atoms. The third-order valence-electron chi connectivity index (χ3n) is 7.22. The van der Waals surface area contributed by atoms with E-state index in [1.165, 1.54) is 17.7 Å². The van der Waals surface area contributed by atoms with Crippen molar-refractivity contribution >= 4 is 28.8 Å². The molecule has 1 N–H and O–H groups in total. The highest BCUT2D eigenvalue weighted by molar-refractivity contribution is 6.51. The SMILES string of the molecule is Cc1ccccc1C1/C(=C(\O)c2cccc(OCC(C)C)c2)C(=O)C(=O)N1c1ccc(N2CCCC2)cc1. The number of ether oxygens (including phenoxy) is 1. The van der Waals surface area contributed by atoms with Crippen molar-refractivity contribution in [3.8, 4) is 5.75 Å². The number of benzene rings is 3. The Morgan fingerprint density at radius 2 is 1.63 bits per heavy atom. The van der Waals surface area contributed by atoms with Gasteiger partial charge in [0.25, 0.3) is 11.7 Å². The van der Waals surface area contributed by atoms with E-state index in [-0.39, 0.29) is 11.3 Å². The van der Waals surface area contributed by atoms with Crippen LogP contribution in [-0.4, -0.2) is 36.5 Å². The topological polar surface area (TPSA) is 70.1 Å². The van der Waals surface area contributed by atoms with Gasteiger partial charge in [-0.25, -0.2) is 0 Å². The van der Waals surface area contributed by atoms with Gasteiger partial charge in [-0.1, -0.05) is 50.2 Å². The van der Waals surface area contributed by atoms with Crippen molar-refractivity contribution < 1.29 is 19.4 Å². The maximum absolute atomic E-state index is 13.5. The quantitative estimate of drug-likeness (QED) is 0.231. The molecule has 3 aromatic rings. The van der Waals surface area contributed by atoms with E-state index >= 15 is 0 Å².